The zero-order valence-corrected chi connectivity index (χ0v) is 87.3. The molecule has 19 rings (SSSR count). The molecule has 0 saturated carbocycles. The molecule has 0 aliphatic carbocycles. The van der Waals surface area contributed by atoms with Crippen molar-refractivity contribution < 1.29 is 18.9 Å². The molecule has 23 nitrogen and oxygen atoms in total. The van der Waals surface area contributed by atoms with E-state index in [1.807, 2.05) is 160 Å². The van der Waals surface area contributed by atoms with Crippen LogP contribution in [0.15, 0.2) is 234 Å². The molecule has 10 N–H and O–H groups in total. The Hall–Kier alpha value is -10.4. The quantitative estimate of drug-likeness (QED) is 0.0104. The molecule has 1 saturated heterocycles. The van der Waals surface area contributed by atoms with Gasteiger partial charge in [-0.2, -0.15) is 0 Å². The lowest BCUT2D eigenvalue weighted by atomic mass is 10.1. The topological polar surface area (TPSA) is 262 Å². The number of nitrogens with zero attached hydrogens (tertiary/aromatic N) is 11. The number of ether oxygens (including phenoxy) is 4. The fourth-order valence-corrected chi connectivity index (χ4v) is 23.1. The third kappa shape index (κ3) is 30.6. The number of anilines is 6. The molecule has 12 aromatic rings. The second-order valence-corrected chi connectivity index (χ2v) is 42.9. The highest BCUT2D eigenvalue weighted by atomic mass is 32.2. The van der Waals surface area contributed by atoms with Crippen LogP contribution in [0.3, 0.4) is 0 Å². The molecule has 0 amide bonds. The summed E-state index contributed by atoms with van der Waals surface area (Å²) in [5, 5.41) is 51.7. The third-order valence-electron chi connectivity index (χ3n) is 24.3. The molecule has 0 bridgehead atoms. The first-order chi connectivity index (χ1) is 67.4. The normalized spacial score (nSPS) is 14.8. The Morgan fingerprint density at radius 3 is 1.11 bits per heavy atom. The van der Waals surface area contributed by atoms with Gasteiger partial charge in [0.05, 0.1) is 104 Å². The van der Waals surface area contributed by atoms with Crippen molar-refractivity contribution in [2.75, 3.05) is 233 Å². The van der Waals surface area contributed by atoms with Crippen molar-refractivity contribution in [1.82, 2.24) is 25.3 Å². The number of nitrogens with two attached hydrogens (primary N) is 2. The number of fused-ring (bicyclic) bond motifs is 6. The summed E-state index contributed by atoms with van der Waals surface area (Å²) in [7, 11) is 10.4. The number of thiophene rings is 6. The van der Waals surface area contributed by atoms with E-state index in [0.717, 1.165) is 242 Å². The molecule has 6 aromatic carbocycles. The van der Waals surface area contributed by atoms with Gasteiger partial charge in [0.25, 0.3) is 0 Å². The van der Waals surface area contributed by atoms with E-state index < -0.39 is 0 Å². The van der Waals surface area contributed by atoms with Crippen LogP contribution in [0.4, 0.5) is 45.5 Å². The number of benzene rings is 6. The number of thioether (sulfide) groups is 2. The van der Waals surface area contributed by atoms with Gasteiger partial charge < -0.3 is 107 Å². The molecule has 138 heavy (non-hydrogen) atoms. The first-order valence-corrected chi connectivity index (χ1v) is 55.3. The lowest BCUT2D eigenvalue weighted by Crippen LogP contribution is -2.37. The van der Waals surface area contributed by atoms with Gasteiger partial charge in [0.1, 0.15) is 61.1 Å². The Bertz CT molecular complexity index is 5850. The van der Waals surface area contributed by atoms with Gasteiger partial charge in [-0.25, -0.2) is 9.98 Å². The molecule has 6 aromatic heterocycles. The Labute approximate surface area is 849 Å². The van der Waals surface area contributed by atoms with Crippen LogP contribution in [0.2, 0.25) is 0 Å². The summed E-state index contributed by atoms with van der Waals surface area (Å²) in [5.41, 5.74) is 28.7. The summed E-state index contributed by atoms with van der Waals surface area (Å²) in [6.07, 6.45) is 7.84. The van der Waals surface area contributed by atoms with Crippen LogP contribution >= 0.6 is 91.5 Å². The summed E-state index contributed by atoms with van der Waals surface area (Å²) in [4.78, 5) is 39.5. The van der Waals surface area contributed by atoms with Gasteiger partial charge >= 0.3 is 0 Å². The van der Waals surface area contributed by atoms with Crippen molar-refractivity contribution in [2.24, 2.45) is 21.5 Å². The first-order valence-electron chi connectivity index (χ1n) is 48.0. The predicted octanol–water partition coefficient (Wildman–Crippen LogP) is 20.5. The standard InChI is InChI=1S/C20H25N3S2.2C18H23N3OS.C17H22N4OS.C17H21N3OS.C17H21N3S2/c21-17(19-4-3-12-24-19)14-16-5-6-18-20(15-16)25-13-11-23(18)10-9-22-7-1-2-8-22;1-20(2)7-8-21-9-10-22-17-13-14(5-6-16(17)21)12-15(19)18-4-3-11-23-18;1-2-20-7-8-21-9-10-22-17-13-14(5-6-16(17)21)12-15(19)18-4-3-11-23-18;1-20(2)7-8-21-9-10-22-15-6-5-13(12-14(15)21)19-17(18)16-4-3-11-23-16;1-2-3-8-20-9-10-21-15-7-6-13(12-14(15)20)19-17(18)16-5-4-11-22-16;1-19-6-7-20-8-10-22-17-12-13(4-5-15(17)20)11-14(18)16-3-2-9-21-16/h3-6,12,15,21H,1-2,7-11,13-14H2;3-6,11,13,19H,7-10,12H2,1-2H3;3-6,11,13,19-20H,2,7-10,12H2,1H3;3-6,11-12H,7-10H2,1-2H3,(H2,18,19);4-7,11-12H,2-3,8-10H2,1H3,(H2,18,19);2-5,9,12,18-19H,6-8,10-11H2,1H3. The highest BCUT2D eigenvalue weighted by Gasteiger charge is 2.27. The van der Waals surface area contributed by atoms with Crippen molar-refractivity contribution in [3.05, 3.63) is 266 Å². The third-order valence-corrected chi connectivity index (χ3v) is 31.9. The van der Waals surface area contributed by atoms with Crippen LogP contribution < -0.4 is 70.4 Å². The van der Waals surface area contributed by atoms with Gasteiger partial charge in [0, 0.05) is 152 Å². The maximum atomic E-state index is 8.31. The van der Waals surface area contributed by atoms with Gasteiger partial charge in [-0.3, -0.25) is 0 Å². The number of unbranched alkanes of at least 4 members (excludes halogenated alkanes) is 1. The van der Waals surface area contributed by atoms with E-state index in [-0.39, 0.29) is 0 Å². The van der Waals surface area contributed by atoms with Gasteiger partial charge in [0.2, 0.25) is 0 Å². The SMILES string of the molecule is CCCCN1CCOc2ccc(N=C(N)c3cccs3)cc21.CCNCCN1CCOc2cc(CC(=N)c3cccs3)ccc21.CN(C)CCN1CCOc2cc(CC(=N)c3cccs3)ccc21.CN(C)CCN1CCOc2ccc(N=C(N)c3cccs3)cc21.CNCCN1CCSc2cc(CC(=N)c3cccs3)ccc21.N=C(Cc1ccc2c(c1)SCCN2CCN1CCCC1)c1cccs1. The molecule has 730 valence electrons. The number of likely N-dealkylation sites (tertiary alicyclic amines) is 1. The smallest absolute Gasteiger partial charge is 0.142 e. The second-order valence-electron chi connectivity index (χ2n) is 35.0. The van der Waals surface area contributed by atoms with Crippen LogP contribution in [-0.2, 0) is 25.7 Å². The van der Waals surface area contributed by atoms with Gasteiger partial charge in [0.15, 0.2) is 0 Å². The zero-order chi connectivity index (χ0) is 96.3. The zero-order valence-electron chi connectivity index (χ0n) is 80.8. The van der Waals surface area contributed by atoms with E-state index in [0.29, 0.717) is 48.1 Å². The number of likely N-dealkylation sites (N-methyl/N-ethyl adjacent to an activating group) is 4. The Kier molecular flexibility index (Phi) is 40.4. The molecule has 0 unspecified atom stereocenters. The molecule has 0 spiro atoms. The number of amidine groups is 2. The maximum Gasteiger partial charge on any atom is 0.142 e. The van der Waals surface area contributed by atoms with Crippen molar-refractivity contribution >= 4 is 172 Å². The van der Waals surface area contributed by atoms with Crippen molar-refractivity contribution in [3.8, 4) is 23.0 Å². The molecule has 7 aliphatic rings. The fraction of sp³-hybridized carbons (Fsp3) is 0.383. The molecule has 0 atom stereocenters. The molecule has 7 aliphatic heterocycles. The van der Waals surface area contributed by atoms with Crippen LogP contribution in [0, 0.1) is 21.6 Å². The summed E-state index contributed by atoms with van der Waals surface area (Å²) in [6.45, 7) is 28.2. The van der Waals surface area contributed by atoms with E-state index in [9.17, 15) is 0 Å². The Morgan fingerprint density at radius 2 is 0.725 bits per heavy atom. The Morgan fingerprint density at radius 1 is 0.370 bits per heavy atom. The Balaban J connectivity index is 0.000000132. The van der Waals surface area contributed by atoms with Crippen molar-refractivity contribution in [1.29, 1.82) is 21.6 Å². The molecule has 13 heterocycles. The number of aliphatic imine (C=N–C) groups is 2. The van der Waals surface area contributed by atoms with E-state index >= 15 is 0 Å². The fourth-order valence-electron chi connectivity index (χ4n) is 16.9. The van der Waals surface area contributed by atoms with E-state index in [2.05, 4.69) is 192 Å². The van der Waals surface area contributed by atoms with E-state index in [4.69, 9.17) is 52.1 Å². The predicted molar refractivity (Wildman–Crippen MR) is 594 cm³/mol. The largest absolute Gasteiger partial charge is 0.490 e. The van der Waals surface area contributed by atoms with E-state index in [1.54, 1.807) is 68.0 Å². The molecular weight excluding hydrogens is 1870 g/mol. The number of rotatable bonds is 35. The molecule has 0 radical (unpaired) electrons. The van der Waals surface area contributed by atoms with Gasteiger partial charge in [-0.05, 0) is 250 Å². The maximum absolute atomic E-state index is 8.31. The molecule has 1 fully saturated rings. The summed E-state index contributed by atoms with van der Waals surface area (Å²) in [5.74, 6) is 7.18. The second kappa shape index (κ2) is 53.9. The van der Waals surface area contributed by atoms with Crippen LogP contribution in [0.5, 0.6) is 23.0 Å². The molecule has 31 heteroatoms. The summed E-state index contributed by atoms with van der Waals surface area (Å²) < 4.78 is 23.2. The van der Waals surface area contributed by atoms with Crippen molar-refractivity contribution in [2.45, 2.75) is 75.0 Å². The highest BCUT2D eigenvalue weighted by molar-refractivity contribution is 7.99. The van der Waals surface area contributed by atoms with Crippen LogP contribution in [0.25, 0.3) is 0 Å². The van der Waals surface area contributed by atoms with Crippen LogP contribution in [0.1, 0.15) is 91.0 Å². The number of hydrogen-bond acceptors (Lipinski definition) is 29. The van der Waals surface area contributed by atoms with Crippen molar-refractivity contribution in [3.63, 3.8) is 0 Å². The van der Waals surface area contributed by atoms with Gasteiger partial charge in [-0.1, -0.05) is 80.9 Å². The van der Waals surface area contributed by atoms with E-state index in [1.165, 1.54) is 94.7 Å². The lowest BCUT2D eigenvalue weighted by molar-refractivity contribution is 0.302. The highest BCUT2D eigenvalue weighted by Crippen LogP contribution is 2.42. The average Bonchev–Trinajstić information content (AvgIpc) is 1.31. The summed E-state index contributed by atoms with van der Waals surface area (Å²) in [6, 6.07) is 62.3. The van der Waals surface area contributed by atoms with Gasteiger partial charge in [-0.15, -0.1) is 91.5 Å². The minimum atomic E-state index is 0.552. The first kappa shape index (κ1) is 103. The minimum Gasteiger partial charge on any atom is -0.490 e. The minimum absolute atomic E-state index is 0.552. The average molecular weight is 2010 g/mol. The number of nitrogens with one attached hydrogen (secondary N) is 6. The lowest BCUT2D eigenvalue weighted by Gasteiger charge is -2.32. The monoisotopic (exact) mass is 2010 g/mol. The van der Waals surface area contributed by atoms with Crippen LogP contribution in [-0.4, -0.2) is 253 Å². The summed E-state index contributed by atoms with van der Waals surface area (Å²) >= 11 is 13.6. The number of hydrogen-bond donors (Lipinski definition) is 8. The molecular formula is C107H135N19O4S8.